The van der Waals surface area contributed by atoms with E-state index < -0.39 is 0 Å². The van der Waals surface area contributed by atoms with Gasteiger partial charge in [0.15, 0.2) is 0 Å². The first-order valence-corrected chi connectivity index (χ1v) is 6.93. The van der Waals surface area contributed by atoms with E-state index in [4.69, 9.17) is 23.2 Å². The monoisotopic (exact) mass is 238 g/mol. The number of hydrogen-bond acceptors (Lipinski definition) is 0. The Kier molecular flexibility index (Phi) is 9.22. The summed E-state index contributed by atoms with van der Waals surface area (Å²) in [6.45, 7) is 4.50. The Labute approximate surface area is 99.4 Å². The van der Waals surface area contributed by atoms with Gasteiger partial charge in [0.25, 0.3) is 0 Å². The van der Waals surface area contributed by atoms with Crippen molar-refractivity contribution >= 4 is 23.2 Å². The lowest BCUT2D eigenvalue weighted by molar-refractivity contribution is 0.242. The minimum absolute atomic E-state index is 0.400. The first-order chi connectivity index (χ1) is 6.74. The molecule has 0 N–H and O–H groups in total. The summed E-state index contributed by atoms with van der Waals surface area (Å²) in [5.41, 5.74) is 0.400. The van der Waals surface area contributed by atoms with Gasteiger partial charge in [-0.1, -0.05) is 33.1 Å². The minimum Gasteiger partial charge on any atom is -0.127 e. The van der Waals surface area contributed by atoms with Crippen molar-refractivity contribution in [3.05, 3.63) is 0 Å². The summed E-state index contributed by atoms with van der Waals surface area (Å²) in [6, 6.07) is 0. The van der Waals surface area contributed by atoms with E-state index in [-0.39, 0.29) is 0 Å². The second kappa shape index (κ2) is 8.85. The van der Waals surface area contributed by atoms with Gasteiger partial charge < -0.3 is 0 Å². The Morgan fingerprint density at radius 2 is 1.43 bits per heavy atom. The number of alkyl halides is 2. The summed E-state index contributed by atoms with van der Waals surface area (Å²) in [4.78, 5) is 0. The van der Waals surface area contributed by atoms with Gasteiger partial charge in [0.2, 0.25) is 0 Å². The number of unbranched alkanes of at least 4 members (excludes halogenated alkanes) is 1. The van der Waals surface area contributed by atoms with Gasteiger partial charge in [-0.05, 0) is 31.1 Å². The smallest absolute Gasteiger partial charge is 0.0279 e. The Bertz CT molecular complexity index is 117. The molecule has 0 aliphatic heterocycles. The second-order valence-corrected chi connectivity index (χ2v) is 4.92. The molecule has 0 atom stereocenters. The van der Waals surface area contributed by atoms with E-state index in [2.05, 4.69) is 13.8 Å². The molecule has 0 saturated heterocycles. The molecule has 0 saturated carbocycles. The first kappa shape index (κ1) is 14.6. The molecule has 0 fully saturated rings. The van der Waals surface area contributed by atoms with E-state index in [9.17, 15) is 0 Å². The van der Waals surface area contributed by atoms with Gasteiger partial charge in [0.05, 0.1) is 0 Å². The molecule has 0 rings (SSSR count). The molecule has 86 valence electrons. The molecule has 14 heavy (non-hydrogen) atoms. The molecule has 2 heteroatoms. The minimum atomic E-state index is 0.400. The van der Waals surface area contributed by atoms with Gasteiger partial charge in [-0.15, -0.1) is 23.2 Å². The third-order valence-corrected chi connectivity index (χ3v) is 3.77. The molecule has 0 unspecified atom stereocenters. The van der Waals surface area contributed by atoms with Crippen molar-refractivity contribution < 1.29 is 0 Å². The Morgan fingerprint density at radius 1 is 0.857 bits per heavy atom. The van der Waals surface area contributed by atoms with Crippen LogP contribution in [0.25, 0.3) is 0 Å². The van der Waals surface area contributed by atoms with Crippen molar-refractivity contribution in [3.63, 3.8) is 0 Å². The van der Waals surface area contributed by atoms with Crippen LogP contribution >= 0.6 is 23.2 Å². The number of halogens is 2. The average molecular weight is 239 g/mol. The number of hydrogen-bond donors (Lipinski definition) is 0. The maximum absolute atomic E-state index is 6.13. The molecule has 0 aliphatic carbocycles. The van der Waals surface area contributed by atoms with Crippen molar-refractivity contribution in [3.8, 4) is 0 Å². The molecule has 0 aromatic carbocycles. The fourth-order valence-electron chi connectivity index (χ4n) is 2.23. The maximum atomic E-state index is 6.13. The van der Waals surface area contributed by atoms with Crippen molar-refractivity contribution in [1.82, 2.24) is 0 Å². The summed E-state index contributed by atoms with van der Waals surface area (Å²) in [5, 5.41) is 0. The Morgan fingerprint density at radius 3 is 1.79 bits per heavy atom. The van der Waals surface area contributed by atoms with Gasteiger partial charge in [0, 0.05) is 11.8 Å². The van der Waals surface area contributed by atoms with Crippen molar-refractivity contribution in [2.75, 3.05) is 11.8 Å². The molecular formula is C12H24Cl2. The zero-order chi connectivity index (χ0) is 10.9. The van der Waals surface area contributed by atoms with E-state index >= 15 is 0 Å². The summed E-state index contributed by atoms with van der Waals surface area (Å²) in [7, 11) is 0. The molecule has 0 radical (unpaired) electrons. The van der Waals surface area contributed by atoms with E-state index in [0.29, 0.717) is 5.41 Å². The van der Waals surface area contributed by atoms with Gasteiger partial charge in [-0.2, -0.15) is 0 Å². The van der Waals surface area contributed by atoms with Crippen LogP contribution < -0.4 is 0 Å². The quantitative estimate of drug-likeness (QED) is 0.382. The van der Waals surface area contributed by atoms with E-state index in [0.717, 1.165) is 18.2 Å². The average Bonchev–Trinajstić information content (AvgIpc) is 2.19. The third-order valence-electron chi connectivity index (χ3n) is 2.93. The predicted octanol–water partition coefficient (Wildman–Crippen LogP) is 5.22. The van der Waals surface area contributed by atoms with Crippen molar-refractivity contribution in [2.24, 2.45) is 5.41 Å². The SMILES string of the molecule is CCCC(CCl)(CCC)CCCCCl. The molecule has 0 nitrogen and oxygen atoms in total. The topological polar surface area (TPSA) is 0 Å². The van der Waals surface area contributed by atoms with Crippen LogP contribution in [0.5, 0.6) is 0 Å². The van der Waals surface area contributed by atoms with Gasteiger partial charge in [-0.25, -0.2) is 0 Å². The lowest BCUT2D eigenvalue weighted by Crippen LogP contribution is -2.22. The van der Waals surface area contributed by atoms with Crippen LogP contribution in [0.3, 0.4) is 0 Å². The highest BCUT2D eigenvalue weighted by molar-refractivity contribution is 6.18. The van der Waals surface area contributed by atoms with Crippen LogP contribution in [0.2, 0.25) is 0 Å². The van der Waals surface area contributed by atoms with Gasteiger partial charge >= 0.3 is 0 Å². The van der Waals surface area contributed by atoms with E-state index in [1.807, 2.05) is 0 Å². The zero-order valence-electron chi connectivity index (χ0n) is 9.62. The molecule has 0 aromatic rings. The van der Waals surface area contributed by atoms with Crippen molar-refractivity contribution in [2.45, 2.75) is 58.8 Å². The van der Waals surface area contributed by atoms with Crippen LogP contribution in [-0.2, 0) is 0 Å². The number of rotatable bonds is 9. The molecule has 0 aromatic heterocycles. The van der Waals surface area contributed by atoms with Crippen LogP contribution in [0.15, 0.2) is 0 Å². The second-order valence-electron chi connectivity index (χ2n) is 4.28. The van der Waals surface area contributed by atoms with Crippen LogP contribution in [0.4, 0.5) is 0 Å². The largest absolute Gasteiger partial charge is 0.127 e. The highest BCUT2D eigenvalue weighted by atomic mass is 35.5. The fourth-order valence-corrected chi connectivity index (χ4v) is 2.82. The van der Waals surface area contributed by atoms with E-state index in [1.54, 1.807) is 0 Å². The molecule has 0 amide bonds. The maximum Gasteiger partial charge on any atom is 0.0279 e. The highest BCUT2D eigenvalue weighted by Gasteiger charge is 2.26. The lowest BCUT2D eigenvalue weighted by atomic mass is 9.77. The van der Waals surface area contributed by atoms with Crippen molar-refractivity contribution in [1.29, 1.82) is 0 Å². The summed E-state index contributed by atoms with van der Waals surface area (Å²) < 4.78 is 0. The summed E-state index contributed by atoms with van der Waals surface area (Å²) in [5.74, 6) is 1.60. The van der Waals surface area contributed by atoms with Crippen LogP contribution in [0, 0.1) is 5.41 Å². The van der Waals surface area contributed by atoms with Gasteiger partial charge in [0.1, 0.15) is 0 Å². The standard InChI is InChI=1S/C12H24Cl2/c1-3-7-12(11-14,8-4-2)9-5-6-10-13/h3-11H2,1-2H3. The summed E-state index contributed by atoms with van der Waals surface area (Å²) >= 11 is 11.8. The van der Waals surface area contributed by atoms with E-state index in [1.165, 1.54) is 38.5 Å². The van der Waals surface area contributed by atoms with Gasteiger partial charge in [-0.3, -0.25) is 0 Å². The first-order valence-electron chi connectivity index (χ1n) is 5.86. The third kappa shape index (κ3) is 5.46. The summed E-state index contributed by atoms with van der Waals surface area (Å²) in [6.07, 6.45) is 8.65. The molecular weight excluding hydrogens is 215 g/mol. The normalized spacial score (nSPS) is 12.0. The Hall–Kier alpha value is 0.580. The molecule has 0 aliphatic rings. The van der Waals surface area contributed by atoms with Crippen LogP contribution in [-0.4, -0.2) is 11.8 Å². The molecule has 0 heterocycles. The fraction of sp³-hybridized carbons (Fsp3) is 1.00. The lowest BCUT2D eigenvalue weighted by Gasteiger charge is -2.31. The zero-order valence-corrected chi connectivity index (χ0v) is 11.1. The van der Waals surface area contributed by atoms with Crippen LogP contribution in [0.1, 0.15) is 58.8 Å². The molecule has 0 bridgehead atoms. The molecule has 0 spiro atoms. The Balaban J connectivity index is 4.03. The highest BCUT2D eigenvalue weighted by Crippen LogP contribution is 2.36. The predicted molar refractivity (Wildman–Crippen MR) is 67.5 cm³/mol.